The molecular weight excluding hydrogens is 971 g/mol. The lowest BCUT2D eigenvalue weighted by molar-refractivity contribution is -0.143. The number of unbranched alkanes of at least 4 members (excludes halogenated alkanes) is 53. The zero-order chi connectivity index (χ0) is 57.1. The highest BCUT2D eigenvalue weighted by Crippen LogP contribution is 2.19. The summed E-state index contributed by atoms with van der Waals surface area (Å²) in [5.74, 6) is -0.0140. The van der Waals surface area contributed by atoms with E-state index in [1.165, 1.54) is 327 Å². The van der Waals surface area contributed by atoms with Crippen LogP contribution in [0.2, 0.25) is 0 Å². The summed E-state index contributed by atoms with van der Waals surface area (Å²) < 4.78 is 5.51. The van der Waals surface area contributed by atoms with E-state index in [0.29, 0.717) is 25.9 Å². The maximum Gasteiger partial charge on any atom is 0.305 e. The first kappa shape index (κ1) is 77.3. The molecule has 2 atom stereocenters. The maximum absolute atomic E-state index is 12.5. The second-order valence-corrected chi connectivity index (χ2v) is 24.9. The molecule has 0 aromatic heterocycles. The highest BCUT2D eigenvalue weighted by atomic mass is 16.5. The first-order chi connectivity index (χ1) is 39.0. The third kappa shape index (κ3) is 65.4. The fourth-order valence-electron chi connectivity index (χ4n) is 11.5. The minimum atomic E-state index is -0.663. The second-order valence-electron chi connectivity index (χ2n) is 24.9. The summed E-state index contributed by atoms with van der Waals surface area (Å²) in [4.78, 5) is 24.6. The molecule has 0 rings (SSSR count). The Balaban J connectivity index is 3.36. The largest absolute Gasteiger partial charge is 0.466 e. The Bertz CT molecular complexity index is 1230. The smallest absolute Gasteiger partial charge is 0.305 e. The van der Waals surface area contributed by atoms with E-state index in [0.717, 1.165) is 44.9 Å². The van der Waals surface area contributed by atoms with E-state index in [1.54, 1.807) is 0 Å². The molecule has 2 unspecified atom stereocenters. The van der Waals surface area contributed by atoms with Gasteiger partial charge in [-0.25, -0.2) is 0 Å². The molecule has 0 aliphatic heterocycles. The summed E-state index contributed by atoms with van der Waals surface area (Å²) in [6.45, 7) is 4.99. The molecule has 0 aliphatic carbocycles. The van der Waals surface area contributed by atoms with Crippen molar-refractivity contribution in [2.45, 2.75) is 418 Å². The zero-order valence-corrected chi connectivity index (χ0v) is 53.6. The van der Waals surface area contributed by atoms with Gasteiger partial charge in [0.15, 0.2) is 0 Å². The van der Waals surface area contributed by atoms with Gasteiger partial charge in [-0.1, -0.05) is 359 Å². The molecule has 6 nitrogen and oxygen atoms in total. The predicted octanol–water partition coefficient (Wildman–Crippen LogP) is 23.3. The molecule has 6 heteroatoms. The zero-order valence-electron chi connectivity index (χ0n) is 53.6. The first-order valence-corrected chi connectivity index (χ1v) is 36.1. The number of allylic oxidation sites excluding steroid dienone is 4. The normalized spacial score (nSPS) is 12.6. The van der Waals surface area contributed by atoms with Crippen molar-refractivity contribution >= 4 is 11.9 Å². The molecule has 0 saturated carbocycles. The molecule has 79 heavy (non-hydrogen) atoms. The van der Waals surface area contributed by atoms with Gasteiger partial charge in [0.1, 0.15) is 0 Å². The summed E-state index contributed by atoms with van der Waals surface area (Å²) in [5, 5.41) is 23.3. The molecule has 0 fully saturated rings. The Morgan fingerprint density at radius 1 is 0.354 bits per heavy atom. The molecular formula is C73H141NO5. The van der Waals surface area contributed by atoms with E-state index in [-0.39, 0.29) is 18.5 Å². The predicted molar refractivity (Wildman–Crippen MR) is 347 cm³/mol. The molecule has 0 saturated heterocycles. The van der Waals surface area contributed by atoms with Gasteiger partial charge in [-0.2, -0.15) is 0 Å². The van der Waals surface area contributed by atoms with Gasteiger partial charge >= 0.3 is 5.97 Å². The number of amides is 1. The molecule has 0 spiro atoms. The molecule has 0 bridgehead atoms. The molecule has 0 radical (unpaired) electrons. The van der Waals surface area contributed by atoms with Gasteiger partial charge < -0.3 is 20.3 Å². The number of carbonyl (C=O) groups excluding carboxylic acids is 2. The van der Waals surface area contributed by atoms with Gasteiger partial charge in [-0.15, -0.1) is 0 Å². The second kappa shape index (κ2) is 68.8. The van der Waals surface area contributed by atoms with Crippen LogP contribution in [0.5, 0.6) is 0 Å². The van der Waals surface area contributed by atoms with E-state index in [9.17, 15) is 19.8 Å². The van der Waals surface area contributed by atoms with Crippen molar-refractivity contribution in [3.05, 3.63) is 24.3 Å². The van der Waals surface area contributed by atoms with Crippen LogP contribution in [-0.4, -0.2) is 47.4 Å². The third-order valence-electron chi connectivity index (χ3n) is 17.0. The van der Waals surface area contributed by atoms with Crippen LogP contribution in [0.1, 0.15) is 406 Å². The SMILES string of the molecule is CCCCCCCCCCCCCCCCCCCCC(=O)OCCCCCCCCCCC/C=C\C/C=C\CCCCCCCCCCCCCCCCCC(=O)NC(CO)C(O)CCCCCCCCCCCCCCC. The lowest BCUT2D eigenvalue weighted by atomic mass is 10.0. The van der Waals surface area contributed by atoms with Crippen molar-refractivity contribution in [3.63, 3.8) is 0 Å². The van der Waals surface area contributed by atoms with E-state index < -0.39 is 12.1 Å². The minimum Gasteiger partial charge on any atom is -0.466 e. The maximum atomic E-state index is 12.5. The van der Waals surface area contributed by atoms with Crippen LogP contribution in [0.3, 0.4) is 0 Å². The quantitative estimate of drug-likeness (QED) is 0.0320. The Labute approximate surface area is 494 Å². The average Bonchev–Trinajstić information content (AvgIpc) is 3.45. The fraction of sp³-hybridized carbons (Fsp3) is 0.918. The van der Waals surface area contributed by atoms with Gasteiger partial charge in [-0.05, 0) is 57.8 Å². The van der Waals surface area contributed by atoms with Gasteiger partial charge in [0.2, 0.25) is 5.91 Å². The summed E-state index contributed by atoms with van der Waals surface area (Å²) >= 11 is 0. The van der Waals surface area contributed by atoms with Crippen LogP contribution in [0.15, 0.2) is 24.3 Å². The molecule has 3 N–H and O–H groups in total. The van der Waals surface area contributed by atoms with Crippen LogP contribution < -0.4 is 5.32 Å². The highest BCUT2D eigenvalue weighted by molar-refractivity contribution is 5.76. The van der Waals surface area contributed by atoms with E-state index in [4.69, 9.17) is 4.74 Å². The van der Waals surface area contributed by atoms with Gasteiger partial charge in [0, 0.05) is 12.8 Å². The van der Waals surface area contributed by atoms with Gasteiger partial charge in [0.25, 0.3) is 0 Å². The Hall–Kier alpha value is -1.66. The number of aliphatic hydroxyl groups excluding tert-OH is 2. The molecule has 0 aromatic rings. The van der Waals surface area contributed by atoms with Crippen molar-refractivity contribution in [3.8, 4) is 0 Å². The molecule has 468 valence electrons. The standard InChI is InChI=1S/C73H141NO5/c1-3-5-7-9-11-13-15-17-18-19-36-39-43-47-51-55-59-63-67-73(78)79-68-64-60-56-52-48-44-40-37-34-32-30-28-26-24-22-20-21-23-25-27-29-31-33-35-38-42-46-50-54-58-62-66-72(77)74-70(69-75)71(76)65-61-57-53-49-45-41-16-14-12-10-8-6-4-2/h22,24,28,30,70-71,75-76H,3-21,23,25-27,29,31-69H2,1-2H3,(H,74,77)/b24-22-,30-28-. The van der Waals surface area contributed by atoms with Gasteiger partial charge in [0.05, 0.1) is 25.4 Å². The van der Waals surface area contributed by atoms with Crippen LogP contribution >= 0.6 is 0 Å². The molecule has 0 aliphatic rings. The van der Waals surface area contributed by atoms with Crippen molar-refractivity contribution in [1.82, 2.24) is 5.32 Å². The minimum absolute atomic E-state index is 0.0183. The topological polar surface area (TPSA) is 95.9 Å². The highest BCUT2D eigenvalue weighted by Gasteiger charge is 2.20. The Morgan fingerprint density at radius 2 is 0.633 bits per heavy atom. The van der Waals surface area contributed by atoms with E-state index in [2.05, 4.69) is 43.5 Å². The fourth-order valence-corrected chi connectivity index (χ4v) is 11.5. The summed E-state index contributed by atoms with van der Waals surface area (Å²) in [5.41, 5.74) is 0. The van der Waals surface area contributed by atoms with Crippen molar-refractivity contribution in [2.75, 3.05) is 13.2 Å². The number of rotatable bonds is 68. The Morgan fingerprint density at radius 3 is 0.962 bits per heavy atom. The van der Waals surface area contributed by atoms with E-state index in [1.807, 2.05) is 0 Å². The average molecular weight is 1110 g/mol. The van der Waals surface area contributed by atoms with E-state index >= 15 is 0 Å². The van der Waals surface area contributed by atoms with Crippen molar-refractivity contribution < 1.29 is 24.5 Å². The number of ether oxygens (including phenoxy) is 1. The molecule has 0 heterocycles. The summed E-state index contributed by atoms with van der Waals surface area (Å²) in [6, 6.07) is -0.540. The molecule has 1 amide bonds. The number of esters is 1. The number of aliphatic hydroxyl groups is 2. The lowest BCUT2D eigenvalue weighted by Crippen LogP contribution is -2.45. The number of carbonyl (C=O) groups is 2. The summed E-state index contributed by atoms with van der Waals surface area (Å²) in [6.07, 6.45) is 86.7. The van der Waals surface area contributed by atoms with Crippen molar-refractivity contribution in [1.29, 1.82) is 0 Å². The number of hydrogen-bond donors (Lipinski definition) is 3. The lowest BCUT2D eigenvalue weighted by Gasteiger charge is -2.22. The van der Waals surface area contributed by atoms with Crippen molar-refractivity contribution in [2.24, 2.45) is 0 Å². The van der Waals surface area contributed by atoms with Crippen LogP contribution in [0, 0.1) is 0 Å². The monoisotopic (exact) mass is 1110 g/mol. The van der Waals surface area contributed by atoms with Crippen LogP contribution in [-0.2, 0) is 14.3 Å². The number of hydrogen-bond acceptors (Lipinski definition) is 5. The third-order valence-corrected chi connectivity index (χ3v) is 17.0. The van der Waals surface area contributed by atoms with Crippen LogP contribution in [0.4, 0.5) is 0 Å². The van der Waals surface area contributed by atoms with Crippen LogP contribution in [0.25, 0.3) is 0 Å². The molecule has 0 aromatic carbocycles. The summed E-state index contributed by atoms with van der Waals surface area (Å²) in [7, 11) is 0. The van der Waals surface area contributed by atoms with Gasteiger partial charge in [-0.3, -0.25) is 9.59 Å². The number of nitrogens with one attached hydrogen (secondary N) is 1. The first-order valence-electron chi connectivity index (χ1n) is 36.1. The Kier molecular flexibility index (Phi) is 67.4.